The second-order valence-electron chi connectivity index (χ2n) is 6.48. The van der Waals surface area contributed by atoms with Gasteiger partial charge in [-0.2, -0.15) is 0 Å². The number of nitrogens with one attached hydrogen (secondary N) is 1. The van der Waals surface area contributed by atoms with Crippen molar-refractivity contribution in [3.05, 3.63) is 30.1 Å². The molecule has 2 unspecified atom stereocenters. The van der Waals surface area contributed by atoms with Gasteiger partial charge in [0.15, 0.2) is 0 Å². The largest absolute Gasteiger partial charge is 0.491 e. The zero-order chi connectivity index (χ0) is 16.8. The van der Waals surface area contributed by atoms with Crippen LogP contribution in [0.1, 0.15) is 13.3 Å². The fourth-order valence-electron chi connectivity index (χ4n) is 2.78. The number of urea groups is 1. The van der Waals surface area contributed by atoms with Crippen LogP contribution in [-0.2, 0) is 0 Å². The van der Waals surface area contributed by atoms with Gasteiger partial charge in [-0.25, -0.2) is 9.18 Å². The van der Waals surface area contributed by atoms with E-state index in [1.54, 1.807) is 12.1 Å². The number of hydrogen-bond acceptors (Lipinski definition) is 3. The van der Waals surface area contributed by atoms with Crippen molar-refractivity contribution in [3.63, 3.8) is 0 Å². The second-order valence-corrected chi connectivity index (χ2v) is 6.48. The molecular weight excluding hydrogens is 297 g/mol. The summed E-state index contributed by atoms with van der Waals surface area (Å²) in [5.41, 5.74) is 0. The van der Waals surface area contributed by atoms with Crippen LogP contribution in [0, 0.1) is 11.7 Å². The molecule has 2 atom stereocenters. The van der Waals surface area contributed by atoms with E-state index in [0.717, 1.165) is 26.1 Å². The van der Waals surface area contributed by atoms with Crippen molar-refractivity contribution >= 4 is 6.03 Å². The lowest BCUT2D eigenvalue weighted by atomic mass is 10.1. The molecule has 5 nitrogen and oxygen atoms in total. The molecule has 1 aliphatic rings. The van der Waals surface area contributed by atoms with Gasteiger partial charge < -0.3 is 19.9 Å². The van der Waals surface area contributed by atoms with Gasteiger partial charge in [0.1, 0.15) is 18.2 Å². The Labute approximate surface area is 137 Å². The average molecular weight is 323 g/mol. The summed E-state index contributed by atoms with van der Waals surface area (Å²) in [6, 6.07) is 5.72. The van der Waals surface area contributed by atoms with Crippen LogP contribution in [0.15, 0.2) is 24.3 Å². The van der Waals surface area contributed by atoms with Gasteiger partial charge in [0, 0.05) is 19.6 Å². The summed E-state index contributed by atoms with van der Waals surface area (Å²) in [7, 11) is 4.11. The predicted molar refractivity (Wildman–Crippen MR) is 88.1 cm³/mol. The van der Waals surface area contributed by atoms with Gasteiger partial charge in [0.2, 0.25) is 0 Å². The lowest BCUT2D eigenvalue weighted by Gasteiger charge is -2.22. The van der Waals surface area contributed by atoms with Crippen LogP contribution in [0.3, 0.4) is 0 Å². The van der Waals surface area contributed by atoms with E-state index < -0.39 is 0 Å². The Balaban J connectivity index is 1.71. The van der Waals surface area contributed by atoms with Crippen LogP contribution in [0.4, 0.5) is 9.18 Å². The van der Waals surface area contributed by atoms with E-state index in [0.29, 0.717) is 18.3 Å². The maximum atomic E-state index is 12.8. The molecule has 0 aromatic heterocycles. The van der Waals surface area contributed by atoms with Gasteiger partial charge in [0.25, 0.3) is 0 Å². The molecule has 0 saturated carbocycles. The fourth-order valence-corrected chi connectivity index (χ4v) is 2.78. The summed E-state index contributed by atoms with van der Waals surface area (Å²) in [6.07, 6.45) is 1.05. The summed E-state index contributed by atoms with van der Waals surface area (Å²) in [5.74, 6) is 0.848. The lowest BCUT2D eigenvalue weighted by molar-refractivity contribution is 0.194. The number of carbonyl (C=O) groups excluding carboxylic acids is 1. The fraction of sp³-hybridized carbons (Fsp3) is 0.588. The highest BCUT2D eigenvalue weighted by Crippen LogP contribution is 2.17. The summed E-state index contributed by atoms with van der Waals surface area (Å²) >= 11 is 0. The third-order valence-corrected chi connectivity index (χ3v) is 3.88. The molecule has 2 rings (SSSR count). The number of benzene rings is 1. The quantitative estimate of drug-likeness (QED) is 0.873. The van der Waals surface area contributed by atoms with Crippen molar-refractivity contribution in [1.82, 2.24) is 15.1 Å². The molecule has 0 spiro atoms. The number of nitrogens with zero attached hydrogens (tertiary/aromatic N) is 2. The minimum absolute atomic E-state index is 0.0403. The Hall–Kier alpha value is -1.82. The van der Waals surface area contributed by atoms with Crippen molar-refractivity contribution in [1.29, 1.82) is 0 Å². The van der Waals surface area contributed by atoms with Gasteiger partial charge >= 0.3 is 6.03 Å². The SMILES string of the molecule is CC(COc1ccc(F)cc1)NC(=O)N1CCC(CN(C)C)C1. The Morgan fingerprint density at radius 1 is 1.43 bits per heavy atom. The first-order valence-corrected chi connectivity index (χ1v) is 8.02. The van der Waals surface area contributed by atoms with E-state index in [-0.39, 0.29) is 17.9 Å². The van der Waals surface area contributed by atoms with Gasteiger partial charge in [-0.05, 0) is 57.6 Å². The van der Waals surface area contributed by atoms with Gasteiger partial charge in [0.05, 0.1) is 6.04 Å². The second kappa shape index (κ2) is 8.15. The number of likely N-dealkylation sites (tertiary alicyclic amines) is 1. The first kappa shape index (κ1) is 17.5. The summed E-state index contributed by atoms with van der Waals surface area (Å²) in [4.78, 5) is 16.3. The van der Waals surface area contributed by atoms with Crippen LogP contribution in [-0.4, -0.2) is 62.2 Å². The van der Waals surface area contributed by atoms with Crippen molar-refractivity contribution in [2.24, 2.45) is 5.92 Å². The lowest BCUT2D eigenvalue weighted by Crippen LogP contribution is -2.45. The summed E-state index contributed by atoms with van der Waals surface area (Å²) in [5, 5.41) is 2.95. The summed E-state index contributed by atoms with van der Waals surface area (Å²) < 4.78 is 18.4. The van der Waals surface area contributed by atoms with Crippen molar-refractivity contribution in [3.8, 4) is 5.75 Å². The first-order chi connectivity index (χ1) is 10.9. The van der Waals surface area contributed by atoms with Gasteiger partial charge in [-0.15, -0.1) is 0 Å². The monoisotopic (exact) mass is 323 g/mol. The number of rotatable bonds is 6. The van der Waals surface area contributed by atoms with Crippen LogP contribution >= 0.6 is 0 Å². The minimum atomic E-state index is -0.292. The van der Waals surface area contributed by atoms with Crippen molar-refractivity contribution < 1.29 is 13.9 Å². The number of hydrogen-bond donors (Lipinski definition) is 1. The Morgan fingerprint density at radius 2 is 2.13 bits per heavy atom. The molecule has 1 N–H and O–H groups in total. The molecule has 23 heavy (non-hydrogen) atoms. The topological polar surface area (TPSA) is 44.8 Å². The van der Waals surface area contributed by atoms with E-state index in [1.807, 2.05) is 11.8 Å². The highest BCUT2D eigenvalue weighted by atomic mass is 19.1. The first-order valence-electron chi connectivity index (χ1n) is 8.02. The Kier molecular flexibility index (Phi) is 6.21. The molecule has 6 heteroatoms. The molecule has 1 fully saturated rings. The van der Waals surface area contributed by atoms with Crippen LogP contribution in [0.25, 0.3) is 0 Å². The zero-order valence-corrected chi connectivity index (χ0v) is 14.1. The van der Waals surface area contributed by atoms with Crippen molar-refractivity contribution in [2.45, 2.75) is 19.4 Å². The minimum Gasteiger partial charge on any atom is -0.491 e. The molecule has 1 aliphatic heterocycles. The molecule has 1 saturated heterocycles. The molecular formula is C17H26FN3O2. The summed E-state index contributed by atoms with van der Waals surface area (Å²) in [6.45, 7) is 4.86. The maximum absolute atomic E-state index is 12.8. The van der Waals surface area contributed by atoms with Gasteiger partial charge in [-0.1, -0.05) is 0 Å². The van der Waals surface area contributed by atoms with Gasteiger partial charge in [-0.3, -0.25) is 0 Å². The molecule has 1 aromatic carbocycles. The normalized spacial score (nSPS) is 19.0. The maximum Gasteiger partial charge on any atom is 0.317 e. The molecule has 0 bridgehead atoms. The van der Waals surface area contributed by atoms with Crippen LogP contribution in [0.5, 0.6) is 5.75 Å². The van der Waals surface area contributed by atoms with Crippen molar-refractivity contribution in [2.75, 3.05) is 40.3 Å². The predicted octanol–water partition coefficient (Wildman–Crippen LogP) is 2.19. The third-order valence-electron chi connectivity index (χ3n) is 3.88. The van der Waals surface area contributed by atoms with E-state index in [4.69, 9.17) is 4.74 Å². The van der Waals surface area contributed by atoms with Crippen LogP contribution in [0.2, 0.25) is 0 Å². The zero-order valence-electron chi connectivity index (χ0n) is 14.1. The number of carbonyl (C=O) groups is 1. The molecule has 1 aromatic rings. The van der Waals surface area contributed by atoms with E-state index in [1.165, 1.54) is 12.1 Å². The highest BCUT2D eigenvalue weighted by molar-refractivity contribution is 5.74. The smallest absolute Gasteiger partial charge is 0.317 e. The number of ether oxygens (including phenoxy) is 1. The molecule has 0 radical (unpaired) electrons. The number of amides is 2. The van der Waals surface area contributed by atoms with E-state index in [9.17, 15) is 9.18 Å². The van der Waals surface area contributed by atoms with Crippen LogP contribution < -0.4 is 10.1 Å². The van der Waals surface area contributed by atoms with E-state index in [2.05, 4.69) is 24.3 Å². The molecule has 1 heterocycles. The Morgan fingerprint density at radius 3 is 2.78 bits per heavy atom. The molecule has 128 valence electrons. The van der Waals surface area contributed by atoms with E-state index >= 15 is 0 Å². The standard InChI is InChI=1S/C17H26FN3O2/c1-13(12-23-16-6-4-15(18)5-7-16)19-17(22)21-9-8-14(11-21)10-20(2)3/h4-7,13-14H,8-12H2,1-3H3,(H,19,22). The third kappa shape index (κ3) is 5.71. The highest BCUT2D eigenvalue weighted by Gasteiger charge is 2.27. The Bertz CT molecular complexity index is 507. The molecule has 0 aliphatic carbocycles. The molecule has 2 amide bonds. The number of halogens is 1. The average Bonchev–Trinajstić information content (AvgIpc) is 2.94.